The molecule has 240 valence electrons. The molecule has 3 aliphatic heterocycles. The minimum Gasteiger partial charge on any atom is -0.444 e. The van der Waals surface area contributed by atoms with E-state index >= 15 is 0 Å². The fourth-order valence-electron chi connectivity index (χ4n) is 6.90. The Morgan fingerprint density at radius 2 is 1.96 bits per heavy atom. The maximum absolute atomic E-state index is 12.7. The number of alkyl carbamates (subject to hydrolysis) is 1. The van der Waals surface area contributed by atoms with Gasteiger partial charge in [0.05, 0.1) is 41.6 Å². The van der Waals surface area contributed by atoms with E-state index in [2.05, 4.69) is 20.6 Å². The van der Waals surface area contributed by atoms with Crippen LogP contribution in [-0.2, 0) is 21.3 Å². The molecule has 3 saturated heterocycles. The first-order valence-electron chi connectivity index (χ1n) is 15.5. The van der Waals surface area contributed by atoms with E-state index in [0.29, 0.717) is 41.6 Å². The highest BCUT2D eigenvalue weighted by atomic mass is 35.5. The summed E-state index contributed by atoms with van der Waals surface area (Å²) in [4.78, 5) is 25.3. The largest absolute Gasteiger partial charge is 0.444 e. The Morgan fingerprint density at radius 3 is 2.67 bits per heavy atom. The lowest BCUT2D eigenvalue weighted by atomic mass is 9.73. The van der Waals surface area contributed by atoms with Gasteiger partial charge in [-0.2, -0.15) is 10.2 Å². The number of carbonyl (C=O) groups is 1. The van der Waals surface area contributed by atoms with Crippen LogP contribution in [0.3, 0.4) is 0 Å². The van der Waals surface area contributed by atoms with Crippen LogP contribution in [0.4, 0.5) is 10.6 Å². The van der Waals surface area contributed by atoms with Crippen LogP contribution in [0.5, 0.6) is 0 Å². The predicted octanol–water partition coefficient (Wildman–Crippen LogP) is 4.32. The minimum atomic E-state index is -0.569. The Balaban J connectivity index is 1.20. The molecule has 0 bridgehead atoms. The third-order valence-corrected chi connectivity index (χ3v) is 9.49. The SMILES string of the molecule is Cc1nc2c(-c3ccc4nn(C)cc4c3Cl)nn(C3NCCO3)c2nc1N1CCC2(CC1)CO[C@@H](C)[C@H]2NC(=O)OC(C)(C)C. The lowest BCUT2D eigenvalue weighted by Crippen LogP contribution is -2.55. The second kappa shape index (κ2) is 11.1. The zero-order valence-electron chi connectivity index (χ0n) is 26.6. The molecule has 4 aromatic rings. The zero-order chi connectivity index (χ0) is 31.7. The molecule has 3 aliphatic rings. The van der Waals surface area contributed by atoms with Gasteiger partial charge in [0.1, 0.15) is 16.8 Å². The second-order valence-electron chi connectivity index (χ2n) is 13.4. The zero-order valence-corrected chi connectivity index (χ0v) is 27.3. The van der Waals surface area contributed by atoms with Gasteiger partial charge in [0, 0.05) is 49.2 Å². The van der Waals surface area contributed by atoms with Gasteiger partial charge in [0.2, 0.25) is 6.35 Å². The maximum Gasteiger partial charge on any atom is 0.407 e. The van der Waals surface area contributed by atoms with Gasteiger partial charge in [-0.05, 0) is 59.6 Å². The van der Waals surface area contributed by atoms with Crippen molar-refractivity contribution in [2.45, 2.75) is 71.6 Å². The summed E-state index contributed by atoms with van der Waals surface area (Å²) in [5, 5.41) is 17.4. The molecule has 3 atom stereocenters. The Bertz CT molecular complexity index is 1770. The molecule has 1 spiro atoms. The van der Waals surface area contributed by atoms with Crippen LogP contribution in [0.2, 0.25) is 5.02 Å². The monoisotopic (exact) mass is 637 g/mol. The van der Waals surface area contributed by atoms with Crippen molar-refractivity contribution in [3.8, 4) is 11.3 Å². The molecule has 1 amide bonds. The number of nitrogens with zero attached hydrogens (tertiary/aromatic N) is 7. The van der Waals surface area contributed by atoms with E-state index < -0.39 is 18.0 Å². The molecule has 3 fully saturated rings. The van der Waals surface area contributed by atoms with Crippen LogP contribution >= 0.6 is 11.6 Å². The predicted molar refractivity (Wildman–Crippen MR) is 170 cm³/mol. The number of hydrogen-bond acceptors (Lipinski definition) is 10. The summed E-state index contributed by atoms with van der Waals surface area (Å²) in [5.41, 5.74) is 3.55. The van der Waals surface area contributed by atoms with E-state index in [-0.39, 0.29) is 17.6 Å². The van der Waals surface area contributed by atoms with Crippen molar-refractivity contribution in [3.05, 3.63) is 29.0 Å². The van der Waals surface area contributed by atoms with Crippen molar-refractivity contribution in [2.24, 2.45) is 12.5 Å². The third-order valence-electron chi connectivity index (χ3n) is 9.08. The summed E-state index contributed by atoms with van der Waals surface area (Å²) in [6, 6.07) is 3.75. The topological polar surface area (TPSA) is 133 Å². The van der Waals surface area contributed by atoms with Gasteiger partial charge < -0.3 is 24.4 Å². The van der Waals surface area contributed by atoms with Crippen molar-refractivity contribution in [3.63, 3.8) is 0 Å². The van der Waals surface area contributed by atoms with Gasteiger partial charge in [0.15, 0.2) is 11.5 Å². The molecule has 1 aromatic carbocycles. The summed E-state index contributed by atoms with van der Waals surface area (Å²) in [5.74, 6) is 0.806. The van der Waals surface area contributed by atoms with E-state index in [1.54, 1.807) is 9.36 Å². The Hall–Kier alpha value is -3.52. The first-order valence-corrected chi connectivity index (χ1v) is 15.9. The number of ether oxygens (including phenoxy) is 3. The third kappa shape index (κ3) is 5.39. The molecular weight excluding hydrogens is 598 g/mol. The van der Waals surface area contributed by atoms with Gasteiger partial charge in [-0.15, -0.1) is 0 Å². The molecule has 14 heteroatoms. The number of aryl methyl sites for hydroxylation is 2. The number of halogens is 1. The molecule has 7 rings (SSSR count). The average Bonchev–Trinajstić information content (AvgIpc) is 3.77. The number of aromatic nitrogens is 6. The number of nitrogens with one attached hydrogen (secondary N) is 2. The Labute approximate surface area is 266 Å². The number of anilines is 1. The van der Waals surface area contributed by atoms with E-state index in [4.69, 9.17) is 40.9 Å². The number of amides is 1. The lowest BCUT2D eigenvalue weighted by molar-refractivity contribution is 0.0377. The minimum absolute atomic E-state index is 0.105. The molecule has 0 radical (unpaired) electrons. The Kier molecular flexibility index (Phi) is 7.42. The van der Waals surface area contributed by atoms with Crippen LogP contribution in [0, 0.1) is 12.3 Å². The van der Waals surface area contributed by atoms with E-state index in [9.17, 15) is 4.79 Å². The fourth-order valence-corrected chi connectivity index (χ4v) is 7.20. The highest BCUT2D eigenvalue weighted by Crippen LogP contribution is 2.44. The smallest absolute Gasteiger partial charge is 0.407 e. The molecule has 13 nitrogen and oxygen atoms in total. The molecule has 3 aromatic heterocycles. The quantitative estimate of drug-likeness (QED) is 0.333. The van der Waals surface area contributed by atoms with Gasteiger partial charge in [-0.3, -0.25) is 10.00 Å². The van der Waals surface area contributed by atoms with Crippen LogP contribution in [-0.4, -0.2) is 86.2 Å². The van der Waals surface area contributed by atoms with Crippen molar-refractivity contribution in [1.29, 1.82) is 0 Å². The normalized spacial score (nSPS) is 23.4. The highest BCUT2D eigenvalue weighted by Gasteiger charge is 2.50. The van der Waals surface area contributed by atoms with Gasteiger partial charge in [-0.25, -0.2) is 19.4 Å². The number of piperidine rings is 1. The first kappa shape index (κ1) is 30.2. The van der Waals surface area contributed by atoms with Crippen molar-refractivity contribution >= 4 is 45.6 Å². The molecule has 2 N–H and O–H groups in total. The van der Waals surface area contributed by atoms with Gasteiger partial charge in [0.25, 0.3) is 0 Å². The number of benzene rings is 1. The van der Waals surface area contributed by atoms with Crippen LogP contribution in [0.1, 0.15) is 52.6 Å². The average molecular weight is 638 g/mol. The molecule has 0 aliphatic carbocycles. The molecule has 0 saturated carbocycles. The van der Waals surface area contributed by atoms with Crippen LogP contribution in [0.15, 0.2) is 18.3 Å². The summed E-state index contributed by atoms with van der Waals surface area (Å²) < 4.78 is 21.2. The lowest BCUT2D eigenvalue weighted by Gasteiger charge is -2.43. The fraction of sp³-hybridized carbons (Fsp3) is 0.581. The summed E-state index contributed by atoms with van der Waals surface area (Å²) >= 11 is 6.95. The molecule has 1 unspecified atom stereocenters. The Morgan fingerprint density at radius 1 is 1.18 bits per heavy atom. The van der Waals surface area contributed by atoms with Crippen molar-refractivity contribution in [2.75, 3.05) is 37.7 Å². The van der Waals surface area contributed by atoms with Crippen molar-refractivity contribution in [1.82, 2.24) is 40.2 Å². The van der Waals surface area contributed by atoms with Gasteiger partial charge >= 0.3 is 6.09 Å². The summed E-state index contributed by atoms with van der Waals surface area (Å²) in [6.45, 7) is 13.0. The van der Waals surface area contributed by atoms with E-state index in [1.807, 2.05) is 60.0 Å². The number of carbonyl (C=O) groups excluding carboxylic acids is 1. The highest BCUT2D eigenvalue weighted by molar-refractivity contribution is 6.38. The second-order valence-corrected chi connectivity index (χ2v) is 13.8. The van der Waals surface area contributed by atoms with E-state index in [1.165, 1.54) is 0 Å². The van der Waals surface area contributed by atoms with E-state index in [0.717, 1.165) is 53.9 Å². The van der Waals surface area contributed by atoms with Gasteiger partial charge in [-0.1, -0.05) is 11.6 Å². The molecule has 6 heterocycles. The number of fused-ring (bicyclic) bond motifs is 2. The first-order chi connectivity index (χ1) is 21.4. The summed E-state index contributed by atoms with van der Waals surface area (Å²) in [6.07, 6.45) is 2.59. The number of rotatable bonds is 4. The van der Waals surface area contributed by atoms with Crippen LogP contribution in [0.25, 0.3) is 33.3 Å². The molecule has 45 heavy (non-hydrogen) atoms. The maximum atomic E-state index is 12.7. The molecular formula is C31H40ClN9O4. The van der Waals surface area contributed by atoms with Crippen molar-refractivity contribution < 1.29 is 19.0 Å². The van der Waals surface area contributed by atoms with Crippen LogP contribution < -0.4 is 15.5 Å². The summed E-state index contributed by atoms with van der Waals surface area (Å²) in [7, 11) is 1.88. The standard InChI is InChI=1S/C31H40ClN9O4/c1-17-26(40-12-9-31(10-13-40)16-44-18(2)25(31)35-29(42)45-30(3,4)5)36-27-24(34-17)23(38-41(27)28-33-11-14-43-28)19-7-8-21-20(22(19)32)15-39(6)37-21/h7-8,15,18,25,28,33H,9-14,16H2,1-6H3,(H,35,42)/t18-,25+,28?/m0/s1. The number of hydrogen-bond donors (Lipinski definition) is 2.